The van der Waals surface area contributed by atoms with Crippen LogP contribution in [0.3, 0.4) is 0 Å². The molecule has 0 fully saturated rings. The van der Waals surface area contributed by atoms with Gasteiger partial charge in [0, 0.05) is 0 Å². The zero-order valence-corrected chi connectivity index (χ0v) is 11.1. The predicted octanol–water partition coefficient (Wildman–Crippen LogP) is 2.02. The maximum atomic E-state index is 9.52. The summed E-state index contributed by atoms with van der Waals surface area (Å²) in [7, 11) is 1.55. The number of methoxy groups -OCH3 is 1. The number of aryl methyl sites for hydroxylation is 1. The van der Waals surface area contributed by atoms with Crippen molar-refractivity contribution in [2.75, 3.05) is 7.11 Å². The summed E-state index contributed by atoms with van der Waals surface area (Å²) in [6.07, 6.45) is -0.554. The topological polar surface area (TPSA) is 77.6 Å². The van der Waals surface area contributed by atoms with E-state index in [0.717, 1.165) is 5.56 Å². The van der Waals surface area contributed by atoms with E-state index in [9.17, 15) is 5.11 Å². The van der Waals surface area contributed by atoms with Gasteiger partial charge in [0.05, 0.1) is 13.2 Å². The molecular weight excluding hydrogens is 248 g/mol. The lowest BCUT2D eigenvalue weighted by molar-refractivity contribution is 0.198. The Morgan fingerprint density at radius 3 is 2.74 bits per heavy atom. The van der Waals surface area contributed by atoms with E-state index in [4.69, 9.17) is 14.0 Å². The van der Waals surface area contributed by atoms with E-state index >= 15 is 0 Å². The number of aromatic nitrogens is 2. The van der Waals surface area contributed by atoms with Crippen molar-refractivity contribution in [2.45, 2.75) is 26.6 Å². The van der Waals surface area contributed by atoms with Crippen molar-refractivity contribution in [1.29, 1.82) is 0 Å². The average Bonchev–Trinajstić information content (AvgIpc) is 2.81. The molecule has 0 aliphatic heterocycles. The van der Waals surface area contributed by atoms with Crippen molar-refractivity contribution in [2.24, 2.45) is 0 Å². The minimum atomic E-state index is -0.554. The molecule has 1 atom stereocenters. The van der Waals surface area contributed by atoms with Crippen LogP contribution in [0, 0.1) is 6.92 Å². The van der Waals surface area contributed by atoms with Crippen molar-refractivity contribution >= 4 is 0 Å². The number of nitrogens with zero attached hydrogens (tertiary/aromatic N) is 2. The van der Waals surface area contributed by atoms with Gasteiger partial charge < -0.3 is 19.1 Å². The van der Waals surface area contributed by atoms with Crippen molar-refractivity contribution in [3.63, 3.8) is 0 Å². The van der Waals surface area contributed by atoms with Gasteiger partial charge in [0.2, 0.25) is 0 Å². The molecule has 1 aromatic carbocycles. The van der Waals surface area contributed by atoms with E-state index in [1.807, 2.05) is 0 Å². The third-order valence-electron chi connectivity index (χ3n) is 2.59. The van der Waals surface area contributed by atoms with Gasteiger partial charge in [0.25, 0.3) is 5.89 Å². The first kappa shape index (κ1) is 13.4. The van der Waals surface area contributed by atoms with Crippen molar-refractivity contribution < 1.29 is 19.1 Å². The van der Waals surface area contributed by atoms with Crippen molar-refractivity contribution in [3.8, 4) is 11.5 Å². The van der Waals surface area contributed by atoms with Gasteiger partial charge in [-0.25, -0.2) is 0 Å². The number of aliphatic hydroxyl groups is 1. The normalized spacial score (nSPS) is 12.2. The SMILES string of the molecule is COc1cc(C(C)O)ccc1OCc1nc(C)no1. The van der Waals surface area contributed by atoms with Crippen molar-refractivity contribution in [3.05, 3.63) is 35.5 Å². The molecule has 6 nitrogen and oxygen atoms in total. The van der Waals surface area contributed by atoms with E-state index in [2.05, 4.69) is 10.1 Å². The molecule has 0 saturated carbocycles. The molecule has 0 bridgehead atoms. The third kappa shape index (κ3) is 3.23. The third-order valence-corrected chi connectivity index (χ3v) is 2.59. The van der Waals surface area contributed by atoms with Crippen LogP contribution in [0.5, 0.6) is 11.5 Å². The molecule has 1 N–H and O–H groups in total. The van der Waals surface area contributed by atoms with Crippen LogP contribution in [-0.2, 0) is 6.61 Å². The van der Waals surface area contributed by atoms with Crippen LogP contribution < -0.4 is 9.47 Å². The van der Waals surface area contributed by atoms with Gasteiger partial charge in [0.1, 0.15) is 0 Å². The molecule has 0 spiro atoms. The lowest BCUT2D eigenvalue weighted by Gasteiger charge is -2.12. The molecule has 0 aliphatic carbocycles. The maximum absolute atomic E-state index is 9.52. The minimum Gasteiger partial charge on any atom is -0.493 e. The van der Waals surface area contributed by atoms with Gasteiger partial charge >= 0.3 is 0 Å². The number of ether oxygens (including phenoxy) is 2. The van der Waals surface area contributed by atoms with Crippen LogP contribution in [0.25, 0.3) is 0 Å². The second-order valence-corrected chi connectivity index (χ2v) is 4.11. The number of aliphatic hydroxyl groups excluding tert-OH is 1. The summed E-state index contributed by atoms with van der Waals surface area (Å²) in [4.78, 5) is 4.04. The Kier molecular flexibility index (Phi) is 4.01. The highest BCUT2D eigenvalue weighted by Crippen LogP contribution is 2.30. The summed E-state index contributed by atoms with van der Waals surface area (Å²) in [6.45, 7) is 3.60. The number of benzene rings is 1. The van der Waals surface area contributed by atoms with Crippen molar-refractivity contribution in [1.82, 2.24) is 10.1 Å². The Hall–Kier alpha value is -2.08. The molecule has 1 aromatic heterocycles. The van der Waals surface area contributed by atoms with Gasteiger partial charge in [0.15, 0.2) is 23.9 Å². The Balaban J connectivity index is 2.11. The zero-order chi connectivity index (χ0) is 13.8. The van der Waals surface area contributed by atoms with Crippen LogP contribution in [0.1, 0.15) is 30.3 Å². The monoisotopic (exact) mass is 264 g/mol. The Morgan fingerprint density at radius 1 is 1.37 bits per heavy atom. The summed E-state index contributed by atoms with van der Waals surface area (Å²) in [5.41, 5.74) is 0.762. The molecule has 19 heavy (non-hydrogen) atoms. The Morgan fingerprint density at radius 2 is 2.16 bits per heavy atom. The highest BCUT2D eigenvalue weighted by atomic mass is 16.5. The van der Waals surface area contributed by atoms with E-state index < -0.39 is 6.10 Å². The summed E-state index contributed by atoms with van der Waals surface area (Å²) in [5.74, 6) is 2.08. The first-order valence-corrected chi connectivity index (χ1v) is 5.88. The number of rotatable bonds is 5. The van der Waals surface area contributed by atoms with Gasteiger partial charge in [-0.05, 0) is 31.5 Å². The largest absolute Gasteiger partial charge is 0.493 e. The van der Waals surface area contributed by atoms with Gasteiger partial charge in [-0.1, -0.05) is 11.2 Å². The van der Waals surface area contributed by atoms with E-state index in [-0.39, 0.29) is 6.61 Å². The van der Waals surface area contributed by atoms with E-state index in [1.165, 1.54) is 0 Å². The lowest BCUT2D eigenvalue weighted by atomic mass is 10.1. The summed E-state index contributed by atoms with van der Waals surface area (Å²) < 4.78 is 15.7. The van der Waals surface area contributed by atoms with Crippen LogP contribution in [0.4, 0.5) is 0 Å². The van der Waals surface area contributed by atoms with Crippen LogP contribution >= 0.6 is 0 Å². The lowest BCUT2D eigenvalue weighted by Crippen LogP contribution is -1.99. The van der Waals surface area contributed by atoms with Crippen LogP contribution in [-0.4, -0.2) is 22.4 Å². The molecule has 2 aromatic rings. The van der Waals surface area contributed by atoms with Crippen LogP contribution in [0.15, 0.2) is 22.7 Å². The molecule has 0 saturated heterocycles. The fourth-order valence-corrected chi connectivity index (χ4v) is 1.60. The first-order chi connectivity index (χ1) is 9.10. The second kappa shape index (κ2) is 5.71. The Bertz CT molecular complexity index is 551. The quantitative estimate of drug-likeness (QED) is 0.890. The fraction of sp³-hybridized carbons (Fsp3) is 0.385. The fourth-order valence-electron chi connectivity index (χ4n) is 1.60. The van der Waals surface area contributed by atoms with E-state index in [0.29, 0.717) is 23.2 Å². The highest BCUT2D eigenvalue weighted by Gasteiger charge is 2.10. The van der Waals surface area contributed by atoms with Gasteiger partial charge in [-0.3, -0.25) is 0 Å². The maximum Gasteiger partial charge on any atom is 0.264 e. The summed E-state index contributed by atoms with van der Waals surface area (Å²) in [5, 5.41) is 13.2. The summed E-state index contributed by atoms with van der Waals surface area (Å²) >= 11 is 0. The zero-order valence-electron chi connectivity index (χ0n) is 11.1. The molecular formula is C13H16N2O4. The average molecular weight is 264 g/mol. The molecule has 102 valence electrons. The minimum absolute atomic E-state index is 0.172. The first-order valence-electron chi connectivity index (χ1n) is 5.88. The molecule has 1 unspecified atom stereocenters. The predicted molar refractivity (Wildman–Crippen MR) is 67.0 cm³/mol. The number of hydrogen-bond acceptors (Lipinski definition) is 6. The molecule has 0 radical (unpaired) electrons. The highest BCUT2D eigenvalue weighted by molar-refractivity contribution is 5.43. The molecule has 0 amide bonds. The van der Waals surface area contributed by atoms with Crippen LogP contribution in [0.2, 0.25) is 0 Å². The molecule has 2 rings (SSSR count). The standard InChI is InChI=1S/C13H16N2O4/c1-8(16)10-4-5-11(12(6-10)17-3)18-7-13-14-9(2)15-19-13/h4-6,8,16H,7H2,1-3H3. The molecule has 6 heteroatoms. The van der Waals surface area contributed by atoms with Gasteiger partial charge in [-0.2, -0.15) is 4.98 Å². The van der Waals surface area contributed by atoms with E-state index in [1.54, 1.807) is 39.2 Å². The molecule has 1 heterocycles. The summed E-state index contributed by atoms with van der Waals surface area (Å²) in [6, 6.07) is 5.25. The smallest absolute Gasteiger partial charge is 0.264 e. The number of hydrogen-bond donors (Lipinski definition) is 1. The Labute approximate surface area is 111 Å². The van der Waals surface area contributed by atoms with Gasteiger partial charge in [-0.15, -0.1) is 0 Å². The second-order valence-electron chi connectivity index (χ2n) is 4.11. The molecule has 0 aliphatic rings.